The van der Waals surface area contributed by atoms with Crippen LogP contribution in [0.5, 0.6) is 0 Å². The van der Waals surface area contributed by atoms with Gasteiger partial charge >= 0.3 is 0 Å². The van der Waals surface area contributed by atoms with Gasteiger partial charge in [0.05, 0.1) is 6.54 Å². The van der Waals surface area contributed by atoms with Crippen LogP contribution in [0.25, 0.3) is 0 Å². The zero-order valence-electron chi connectivity index (χ0n) is 14.0. The summed E-state index contributed by atoms with van der Waals surface area (Å²) in [7, 11) is 0. The molecule has 1 N–H and O–H groups in total. The minimum Gasteiger partial charge on any atom is -0.343 e. The third kappa shape index (κ3) is 4.71. The molecule has 4 nitrogen and oxygen atoms in total. The van der Waals surface area contributed by atoms with Crippen molar-refractivity contribution in [1.29, 1.82) is 0 Å². The van der Waals surface area contributed by atoms with Crippen molar-refractivity contribution in [1.82, 2.24) is 10.2 Å². The third-order valence-electron chi connectivity index (χ3n) is 4.13. The van der Waals surface area contributed by atoms with E-state index in [1.807, 2.05) is 42.5 Å². The molecule has 1 aliphatic heterocycles. The Morgan fingerprint density at radius 1 is 0.880 bits per heavy atom. The molecule has 126 valence electrons. The van der Waals surface area contributed by atoms with Gasteiger partial charge < -0.3 is 10.2 Å². The maximum absolute atomic E-state index is 12.1. The largest absolute Gasteiger partial charge is 0.343 e. The SMILES string of the molecule is O=C(NCC(=O)N1CCCC1)c1ccc(C#Cc2ccccc2)cc1. The van der Waals surface area contributed by atoms with Crippen LogP contribution < -0.4 is 5.32 Å². The maximum Gasteiger partial charge on any atom is 0.251 e. The van der Waals surface area contributed by atoms with E-state index in [2.05, 4.69) is 17.2 Å². The van der Waals surface area contributed by atoms with Gasteiger partial charge in [0.2, 0.25) is 5.91 Å². The van der Waals surface area contributed by atoms with E-state index >= 15 is 0 Å². The highest BCUT2D eigenvalue weighted by molar-refractivity contribution is 5.96. The molecule has 0 spiro atoms. The summed E-state index contributed by atoms with van der Waals surface area (Å²) >= 11 is 0. The molecule has 25 heavy (non-hydrogen) atoms. The lowest BCUT2D eigenvalue weighted by molar-refractivity contribution is -0.129. The van der Waals surface area contributed by atoms with Crippen molar-refractivity contribution in [3.8, 4) is 11.8 Å². The number of hydrogen-bond acceptors (Lipinski definition) is 2. The molecule has 2 amide bonds. The van der Waals surface area contributed by atoms with E-state index in [1.165, 1.54) is 0 Å². The summed E-state index contributed by atoms with van der Waals surface area (Å²) in [6, 6.07) is 16.8. The Hall–Kier alpha value is -3.06. The van der Waals surface area contributed by atoms with Crippen molar-refractivity contribution >= 4 is 11.8 Å². The Kier molecular flexibility index (Phi) is 5.48. The number of nitrogens with one attached hydrogen (secondary N) is 1. The van der Waals surface area contributed by atoms with Gasteiger partial charge in [0, 0.05) is 29.8 Å². The van der Waals surface area contributed by atoms with E-state index in [4.69, 9.17) is 0 Å². The molecule has 0 unspecified atom stereocenters. The van der Waals surface area contributed by atoms with Crippen molar-refractivity contribution in [2.45, 2.75) is 12.8 Å². The Labute approximate surface area is 147 Å². The maximum atomic E-state index is 12.1. The first-order valence-electron chi connectivity index (χ1n) is 8.45. The van der Waals surface area contributed by atoms with E-state index in [0.717, 1.165) is 37.1 Å². The molecule has 4 heteroatoms. The molecular formula is C21H20N2O2. The van der Waals surface area contributed by atoms with Crippen molar-refractivity contribution in [2.24, 2.45) is 0 Å². The fraction of sp³-hybridized carbons (Fsp3) is 0.238. The second kappa shape index (κ2) is 8.16. The van der Waals surface area contributed by atoms with Gasteiger partial charge in [-0.2, -0.15) is 0 Å². The van der Waals surface area contributed by atoms with Gasteiger partial charge in [-0.05, 0) is 49.2 Å². The highest BCUT2D eigenvalue weighted by Crippen LogP contribution is 2.07. The lowest BCUT2D eigenvalue weighted by Gasteiger charge is -2.15. The van der Waals surface area contributed by atoms with Crippen molar-refractivity contribution in [3.05, 3.63) is 71.3 Å². The molecule has 3 rings (SSSR count). The van der Waals surface area contributed by atoms with Gasteiger partial charge in [-0.3, -0.25) is 9.59 Å². The molecule has 1 saturated heterocycles. The minimum absolute atomic E-state index is 0.0174. The van der Waals surface area contributed by atoms with E-state index in [0.29, 0.717) is 5.56 Å². The zero-order valence-corrected chi connectivity index (χ0v) is 14.0. The van der Waals surface area contributed by atoms with E-state index in [1.54, 1.807) is 17.0 Å². The Balaban J connectivity index is 1.55. The molecule has 0 aliphatic carbocycles. The summed E-state index contributed by atoms with van der Waals surface area (Å²) in [5.41, 5.74) is 2.32. The molecule has 2 aromatic carbocycles. The van der Waals surface area contributed by atoms with Crippen LogP contribution in [0.3, 0.4) is 0 Å². The van der Waals surface area contributed by atoms with Gasteiger partial charge in [-0.1, -0.05) is 30.0 Å². The summed E-state index contributed by atoms with van der Waals surface area (Å²) in [6.07, 6.45) is 2.09. The monoisotopic (exact) mass is 332 g/mol. The van der Waals surface area contributed by atoms with Crippen LogP contribution in [-0.4, -0.2) is 36.3 Å². The van der Waals surface area contributed by atoms with Gasteiger partial charge in [-0.25, -0.2) is 0 Å². The first-order valence-corrected chi connectivity index (χ1v) is 8.45. The first-order chi connectivity index (χ1) is 12.2. The molecule has 0 saturated carbocycles. The minimum atomic E-state index is -0.241. The molecule has 0 radical (unpaired) electrons. The van der Waals surface area contributed by atoms with Crippen LogP contribution >= 0.6 is 0 Å². The van der Waals surface area contributed by atoms with Gasteiger partial charge in [-0.15, -0.1) is 0 Å². The van der Waals surface area contributed by atoms with Gasteiger partial charge in [0.15, 0.2) is 0 Å². The van der Waals surface area contributed by atoms with E-state index < -0.39 is 0 Å². The van der Waals surface area contributed by atoms with Gasteiger partial charge in [0.1, 0.15) is 0 Å². The lowest BCUT2D eigenvalue weighted by Crippen LogP contribution is -2.38. The Morgan fingerprint density at radius 3 is 2.12 bits per heavy atom. The number of amides is 2. The summed E-state index contributed by atoms with van der Waals surface area (Å²) in [6.45, 7) is 1.64. The fourth-order valence-corrected chi connectivity index (χ4v) is 2.71. The normalized spacial score (nSPS) is 13.0. The van der Waals surface area contributed by atoms with Crippen LogP contribution in [0.1, 0.15) is 34.3 Å². The van der Waals surface area contributed by atoms with Crippen molar-refractivity contribution in [3.63, 3.8) is 0 Å². The van der Waals surface area contributed by atoms with Crippen LogP contribution in [-0.2, 0) is 4.79 Å². The van der Waals surface area contributed by atoms with E-state index in [-0.39, 0.29) is 18.4 Å². The molecule has 0 atom stereocenters. The summed E-state index contributed by atoms with van der Waals surface area (Å²) < 4.78 is 0. The van der Waals surface area contributed by atoms with E-state index in [9.17, 15) is 9.59 Å². The predicted molar refractivity (Wildman–Crippen MR) is 97.0 cm³/mol. The average Bonchev–Trinajstić information content (AvgIpc) is 3.20. The summed E-state index contributed by atoms with van der Waals surface area (Å²) in [4.78, 5) is 25.9. The molecule has 2 aromatic rings. The number of likely N-dealkylation sites (tertiary alicyclic amines) is 1. The van der Waals surface area contributed by atoms with Crippen LogP contribution in [0.2, 0.25) is 0 Å². The Bertz CT molecular complexity index is 795. The quantitative estimate of drug-likeness (QED) is 0.878. The molecule has 0 aromatic heterocycles. The molecule has 1 heterocycles. The fourth-order valence-electron chi connectivity index (χ4n) is 2.71. The predicted octanol–water partition coefficient (Wildman–Crippen LogP) is 2.44. The molecule has 1 aliphatic rings. The van der Waals surface area contributed by atoms with Crippen LogP contribution in [0.15, 0.2) is 54.6 Å². The van der Waals surface area contributed by atoms with Crippen LogP contribution in [0, 0.1) is 11.8 Å². The molecule has 1 fully saturated rings. The number of hydrogen-bond donors (Lipinski definition) is 1. The third-order valence-corrected chi connectivity index (χ3v) is 4.13. The lowest BCUT2D eigenvalue weighted by atomic mass is 10.1. The number of carbonyl (C=O) groups excluding carboxylic acids is 2. The van der Waals surface area contributed by atoms with Crippen molar-refractivity contribution < 1.29 is 9.59 Å². The number of carbonyl (C=O) groups is 2. The smallest absolute Gasteiger partial charge is 0.251 e. The summed E-state index contributed by atoms with van der Waals surface area (Å²) in [5.74, 6) is 5.89. The Morgan fingerprint density at radius 2 is 1.48 bits per heavy atom. The first kappa shape index (κ1) is 16.8. The van der Waals surface area contributed by atoms with Crippen molar-refractivity contribution in [2.75, 3.05) is 19.6 Å². The second-order valence-corrected chi connectivity index (χ2v) is 5.96. The van der Waals surface area contributed by atoms with Gasteiger partial charge in [0.25, 0.3) is 5.91 Å². The second-order valence-electron chi connectivity index (χ2n) is 5.96. The average molecular weight is 332 g/mol. The number of rotatable bonds is 3. The highest BCUT2D eigenvalue weighted by Gasteiger charge is 2.18. The zero-order chi connectivity index (χ0) is 17.5. The molecular weight excluding hydrogens is 312 g/mol. The topological polar surface area (TPSA) is 49.4 Å². The molecule has 0 bridgehead atoms. The summed E-state index contributed by atoms with van der Waals surface area (Å²) in [5, 5.41) is 2.69. The number of benzene rings is 2. The highest BCUT2D eigenvalue weighted by atomic mass is 16.2. The number of nitrogens with zero attached hydrogens (tertiary/aromatic N) is 1. The standard InChI is InChI=1S/C21H20N2O2/c24-20(23-14-4-5-15-23)16-22-21(25)19-12-10-18(11-13-19)9-8-17-6-2-1-3-7-17/h1-3,6-7,10-13H,4-5,14-16H2,(H,22,25). The van der Waals surface area contributed by atoms with Crippen LogP contribution in [0.4, 0.5) is 0 Å².